The number of aromatic nitrogens is 2. The fraction of sp³-hybridized carbons (Fsp3) is 0.316. The smallest absolute Gasteiger partial charge is 0.237 e. The molecule has 3 aromatic rings. The van der Waals surface area contributed by atoms with Crippen LogP contribution in [0.5, 0.6) is 5.75 Å². The number of carbonyl (C=O) groups is 1. The maximum absolute atomic E-state index is 12.5. The van der Waals surface area contributed by atoms with Gasteiger partial charge in [0, 0.05) is 11.4 Å². The largest absolute Gasteiger partial charge is 0.492 e. The van der Waals surface area contributed by atoms with E-state index in [4.69, 9.17) is 4.74 Å². The summed E-state index contributed by atoms with van der Waals surface area (Å²) < 4.78 is 6.32. The third-order valence-electron chi connectivity index (χ3n) is 3.73. The Kier molecular flexibility index (Phi) is 7.70. The van der Waals surface area contributed by atoms with Crippen molar-refractivity contribution in [2.24, 2.45) is 0 Å². The van der Waals surface area contributed by atoms with Crippen LogP contribution < -0.4 is 15.4 Å². The van der Waals surface area contributed by atoms with Crippen molar-refractivity contribution in [2.75, 3.05) is 23.8 Å². The minimum Gasteiger partial charge on any atom is -0.492 e. The van der Waals surface area contributed by atoms with E-state index < -0.39 is 0 Å². The van der Waals surface area contributed by atoms with Gasteiger partial charge in [-0.1, -0.05) is 41.3 Å². The van der Waals surface area contributed by atoms with Gasteiger partial charge in [-0.15, -0.1) is 21.5 Å². The topological polar surface area (TPSA) is 76.1 Å². The van der Waals surface area contributed by atoms with Gasteiger partial charge in [-0.3, -0.25) is 4.79 Å². The Balaban J connectivity index is 1.49. The van der Waals surface area contributed by atoms with E-state index in [1.54, 1.807) is 11.3 Å². The second-order valence-corrected chi connectivity index (χ2v) is 9.41. The molecule has 9 heteroatoms. The summed E-state index contributed by atoms with van der Waals surface area (Å²) in [6, 6.07) is 11.6. The summed E-state index contributed by atoms with van der Waals surface area (Å²) >= 11 is 4.61. The first-order valence-corrected chi connectivity index (χ1v) is 11.5. The summed E-state index contributed by atoms with van der Waals surface area (Å²) in [4.78, 5) is 13.9. The third-order valence-corrected chi connectivity index (χ3v) is 6.73. The van der Waals surface area contributed by atoms with Gasteiger partial charge in [-0.2, -0.15) is 0 Å². The first-order chi connectivity index (χ1) is 13.7. The molecule has 6 nitrogen and oxygen atoms in total. The molecule has 0 radical (unpaired) electrons. The summed E-state index contributed by atoms with van der Waals surface area (Å²) in [5, 5.41) is 17.1. The minimum atomic E-state index is -0.304. The average molecular weight is 435 g/mol. The highest BCUT2D eigenvalue weighted by Crippen LogP contribution is 2.30. The Morgan fingerprint density at radius 2 is 2.11 bits per heavy atom. The van der Waals surface area contributed by atoms with Gasteiger partial charge < -0.3 is 15.4 Å². The second kappa shape index (κ2) is 10.4. The Morgan fingerprint density at radius 3 is 2.89 bits per heavy atom. The van der Waals surface area contributed by atoms with Crippen LogP contribution in [-0.4, -0.2) is 34.5 Å². The number of amides is 1. The van der Waals surface area contributed by atoms with E-state index in [1.807, 2.05) is 38.1 Å². The number of nitrogens with one attached hydrogen (secondary N) is 2. The zero-order chi connectivity index (χ0) is 19.8. The Labute approximate surface area is 176 Å². The zero-order valence-corrected chi connectivity index (χ0v) is 18.1. The van der Waals surface area contributed by atoms with Crippen molar-refractivity contribution in [2.45, 2.75) is 29.9 Å². The van der Waals surface area contributed by atoms with E-state index in [0.29, 0.717) is 18.0 Å². The molecule has 0 spiro atoms. The van der Waals surface area contributed by atoms with Crippen LogP contribution in [0.15, 0.2) is 46.1 Å². The average Bonchev–Trinajstić information content (AvgIpc) is 3.36. The fourth-order valence-corrected chi connectivity index (χ4v) is 5.00. The monoisotopic (exact) mass is 434 g/mol. The Bertz CT molecular complexity index is 883. The number of hydrogen-bond acceptors (Lipinski definition) is 8. The predicted molar refractivity (Wildman–Crippen MR) is 118 cm³/mol. The summed E-state index contributed by atoms with van der Waals surface area (Å²) in [6.07, 6.45) is 0.956. The van der Waals surface area contributed by atoms with Gasteiger partial charge >= 0.3 is 0 Å². The number of hydrogen-bond donors (Lipinski definition) is 2. The lowest BCUT2D eigenvalue weighted by atomic mass is 10.3. The highest BCUT2D eigenvalue weighted by molar-refractivity contribution is 8.02. The maximum Gasteiger partial charge on any atom is 0.237 e. The molecule has 0 fully saturated rings. The lowest BCUT2D eigenvalue weighted by Crippen LogP contribution is -2.22. The number of rotatable bonds is 10. The van der Waals surface area contributed by atoms with Crippen molar-refractivity contribution in [3.8, 4) is 5.75 Å². The van der Waals surface area contributed by atoms with Crippen molar-refractivity contribution in [3.63, 3.8) is 0 Å². The number of ether oxygens (including phenoxy) is 1. The lowest BCUT2D eigenvalue weighted by Gasteiger charge is -2.13. The summed E-state index contributed by atoms with van der Waals surface area (Å²) in [7, 11) is 0. The van der Waals surface area contributed by atoms with E-state index in [-0.39, 0.29) is 11.2 Å². The van der Waals surface area contributed by atoms with Gasteiger partial charge in [0.15, 0.2) is 4.34 Å². The molecule has 2 N–H and O–H groups in total. The molecule has 1 unspecified atom stereocenters. The van der Waals surface area contributed by atoms with Gasteiger partial charge in [0.05, 0.1) is 17.5 Å². The van der Waals surface area contributed by atoms with Crippen molar-refractivity contribution in [1.82, 2.24) is 10.2 Å². The maximum atomic E-state index is 12.5. The van der Waals surface area contributed by atoms with Crippen LogP contribution in [0.1, 0.15) is 18.7 Å². The van der Waals surface area contributed by atoms with E-state index in [2.05, 4.69) is 38.3 Å². The molecular weight excluding hydrogens is 412 g/mol. The molecule has 1 amide bonds. The van der Waals surface area contributed by atoms with Crippen molar-refractivity contribution in [3.05, 3.63) is 46.7 Å². The molecule has 28 heavy (non-hydrogen) atoms. The molecule has 1 aromatic carbocycles. The van der Waals surface area contributed by atoms with Crippen LogP contribution in [-0.2, 0) is 11.2 Å². The third kappa shape index (κ3) is 5.95. The summed E-state index contributed by atoms with van der Waals surface area (Å²) in [6.45, 7) is 5.13. The molecule has 0 saturated carbocycles. The summed E-state index contributed by atoms with van der Waals surface area (Å²) in [5.74, 6) is 0.572. The molecule has 0 saturated heterocycles. The zero-order valence-electron chi connectivity index (χ0n) is 15.7. The van der Waals surface area contributed by atoms with Crippen LogP contribution in [0.25, 0.3) is 0 Å². The normalized spacial score (nSPS) is 11.8. The van der Waals surface area contributed by atoms with Gasteiger partial charge in [-0.25, -0.2) is 0 Å². The predicted octanol–water partition coefficient (Wildman–Crippen LogP) is 4.77. The van der Waals surface area contributed by atoms with Gasteiger partial charge in [0.1, 0.15) is 5.75 Å². The van der Waals surface area contributed by atoms with Crippen LogP contribution in [0.2, 0.25) is 0 Å². The van der Waals surface area contributed by atoms with Crippen molar-refractivity contribution < 1.29 is 9.53 Å². The van der Waals surface area contributed by atoms with Crippen molar-refractivity contribution in [1.29, 1.82) is 0 Å². The van der Waals surface area contributed by atoms with Crippen molar-refractivity contribution >= 4 is 51.2 Å². The highest BCUT2D eigenvalue weighted by Gasteiger charge is 2.18. The second-order valence-electron chi connectivity index (χ2n) is 5.81. The van der Waals surface area contributed by atoms with Crippen LogP contribution in [0.3, 0.4) is 0 Å². The number of thiophene rings is 1. The highest BCUT2D eigenvalue weighted by atomic mass is 32.2. The van der Waals surface area contributed by atoms with E-state index in [1.165, 1.54) is 28.0 Å². The molecule has 1 atom stereocenters. The Morgan fingerprint density at radius 1 is 1.25 bits per heavy atom. The number of para-hydroxylation sites is 2. The molecule has 2 heterocycles. The van der Waals surface area contributed by atoms with Crippen LogP contribution in [0.4, 0.5) is 10.8 Å². The van der Waals surface area contributed by atoms with E-state index >= 15 is 0 Å². The van der Waals surface area contributed by atoms with Gasteiger partial charge in [-0.05, 0) is 43.8 Å². The van der Waals surface area contributed by atoms with Crippen LogP contribution in [0, 0.1) is 0 Å². The number of benzene rings is 1. The first-order valence-electron chi connectivity index (χ1n) is 8.94. The molecule has 148 valence electrons. The standard InChI is InChI=1S/C19H22N4O2S3/c1-3-25-16-9-5-4-8-15(16)21-17(24)13(2)27-19-23-22-18(28-19)20-11-10-14-7-6-12-26-14/h4-9,12-13H,3,10-11H2,1-2H3,(H,20,22)(H,21,24). The summed E-state index contributed by atoms with van der Waals surface area (Å²) in [5.41, 5.74) is 0.676. The minimum absolute atomic E-state index is 0.0976. The lowest BCUT2D eigenvalue weighted by molar-refractivity contribution is -0.115. The molecule has 0 aliphatic heterocycles. The number of carbonyl (C=O) groups excluding carboxylic acids is 1. The molecule has 0 aliphatic rings. The molecule has 0 bridgehead atoms. The van der Waals surface area contributed by atoms with Crippen LogP contribution >= 0.6 is 34.4 Å². The fourth-order valence-electron chi connectivity index (χ4n) is 2.37. The number of thioether (sulfide) groups is 1. The first kappa shape index (κ1) is 20.6. The van der Waals surface area contributed by atoms with E-state index in [9.17, 15) is 4.79 Å². The molecular formula is C19H22N4O2S3. The quantitative estimate of drug-likeness (QED) is 0.448. The molecule has 3 rings (SSSR count). The van der Waals surface area contributed by atoms with E-state index in [0.717, 1.165) is 22.4 Å². The number of anilines is 2. The Hall–Kier alpha value is -2.10. The molecule has 0 aliphatic carbocycles. The molecule has 2 aromatic heterocycles. The van der Waals surface area contributed by atoms with Gasteiger partial charge in [0.25, 0.3) is 0 Å². The number of nitrogens with zero attached hydrogens (tertiary/aromatic N) is 2. The SMILES string of the molecule is CCOc1ccccc1NC(=O)C(C)Sc1nnc(NCCc2cccs2)s1. The van der Waals surface area contributed by atoms with Gasteiger partial charge in [0.2, 0.25) is 11.0 Å².